The molecule has 1 aromatic carbocycles. The van der Waals surface area contributed by atoms with E-state index in [-0.39, 0.29) is 43.9 Å². The molecule has 1 aromatic rings. The Labute approximate surface area is 171 Å². The Hall–Kier alpha value is -2.20. The van der Waals surface area contributed by atoms with Crippen molar-refractivity contribution in [2.75, 3.05) is 31.5 Å². The number of piperazine rings is 1. The highest BCUT2D eigenvalue weighted by molar-refractivity contribution is 7.87. The number of amides is 3. The molecule has 0 bridgehead atoms. The van der Waals surface area contributed by atoms with E-state index in [9.17, 15) is 22.4 Å². The third kappa shape index (κ3) is 5.66. The van der Waals surface area contributed by atoms with Crippen LogP contribution < -0.4 is 10.0 Å². The van der Waals surface area contributed by atoms with Gasteiger partial charge in [0.15, 0.2) is 0 Å². The first-order chi connectivity index (χ1) is 13.4. The van der Waals surface area contributed by atoms with Crippen molar-refractivity contribution in [3.8, 4) is 0 Å². The lowest BCUT2D eigenvalue weighted by atomic mass is 9.92. The van der Waals surface area contributed by atoms with E-state index >= 15 is 0 Å². The predicted molar refractivity (Wildman–Crippen MR) is 109 cm³/mol. The van der Waals surface area contributed by atoms with Crippen molar-refractivity contribution in [1.82, 2.24) is 13.9 Å². The largest absolute Gasteiger partial charge is 0.340 e. The zero-order valence-corrected chi connectivity index (χ0v) is 18.3. The van der Waals surface area contributed by atoms with E-state index in [2.05, 4.69) is 5.32 Å². The maximum absolute atomic E-state index is 14.0. The van der Waals surface area contributed by atoms with E-state index in [1.54, 1.807) is 4.90 Å². The lowest BCUT2D eigenvalue weighted by Gasteiger charge is -2.33. The number of hydrogen-bond acceptors (Lipinski definition) is 4. The summed E-state index contributed by atoms with van der Waals surface area (Å²) in [6.07, 6.45) is 0. The molecular weight excluding hydrogens is 399 g/mol. The number of carbonyl (C=O) groups is 2. The predicted octanol–water partition coefficient (Wildman–Crippen LogP) is 2.60. The number of carbonyl (C=O) groups excluding carboxylic acids is 2. The summed E-state index contributed by atoms with van der Waals surface area (Å²) in [4.78, 5) is 25.4. The number of hydrogen-bond donors (Lipinski definition) is 2. The average molecular weight is 429 g/mol. The van der Waals surface area contributed by atoms with E-state index in [1.807, 2.05) is 32.4 Å². The lowest BCUT2D eigenvalue weighted by molar-refractivity contribution is -0.129. The Balaban J connectivity index is 2.18. The highest BCUT2D eigenvalue weighted by Crippen LogP contribution is 2.33. The molecule has 2 N–H and O–H groups in total. The summed E-state index contributed by atoms with van der Waals surface area (Å²) in [5.41, 5.74) is 1.61. The van der Waals surface area contributed by atoms with Crippen molar-refractivity contribution in [3.05, 3.63) is 29.1 Å². The highest BCUT2D eigenvalue weighted by atomic mass is 32.2. The van der Waals surface area contributed by atoms with Crippen LogP contribution in [0.3, 0.4) is 0 Å². The van der Waals surface area contributed by atoms with Crippen LogP contribution in [0.2, 0.25) is 0 Å². The van der Waals surface area contributed by atoms with Gasteiger partial charge in [-0.2, -0.15) is 12.7 Å². The van der Waals surface area contributed by atoms with E-state index in [4.69, 9.17) is 0 Å². The summed E-state index contributed by atoms with van der Waals surface area (Å²) in [7, 11) is -4.07. The molecule has 1 aliphatic heterocycles. The second-order valence-electron chi connectivity index (χ2n) is 7.73. The van der Waals surface area contributed by atoms with Crippen LogP contribution in [0.5, 0.6) is 0 Å². The van der Waals surface area contributed by atoms with Crippen molar-refractivity contribution >= 4 is 27.8 Å². The van der Waals surface area contributed by atoms with Crippen LogP contribution in [0.25, 0.3) is 0 Å². The number of nitrogens with one attached hydrogen (secondary N) is 2. The van der Waals surface area contributed by atoms with E-state index in [0.717, 1.165) is 4.31 Å². The molecule has 10 heteroatoms. The van der Waals surface area contributed by atoms with Gasteiger partial charge in [-0.3, -0.25) is 4.79 Å². The molecule has 0 unspecified atom stereocenters. The Kier molecular flexibility index (Phi) is 7.23. The molecule has 0 aliphatic carbocycles. The Morgan fingerprint density at radius 2 is 1.48 bits per heavy atom. The Bertz CT molecular complexity index is 849. The molecule has 8 nitrogen and oxygen atoms in total. The van der Waals surface area contributed by atoms with Crippen LogP contribution in [0.1, 0.15) is 57.6 Å². The molecule has 0 radical (unpaired) electrons. The monoisotopic (exact) mass is 428 g/mol. The summed E-state index contributed by atoms with van der Waals surface area (Å²) < 4.78 is 42.2. The van der Waals surface area contributed by atoms with Gasteiger partial charge in [-0.15, -0.1) is 0 Å². The molecule has 1 heterocycles. The second kappa shape index (κ2) is 9.08. The molecule has 1 fully saturated rings. The topological polar surface area (TPSA) is 98.8 Å². The van der Waals surface area contributed by atoms with Gasteiger partial charge in [-0.25, -0.2) is 13.9 Å². The molecule has 0 aromatic heterocycles. The van der Waals surface area contributed by atoms with Crippen LogP contribution in [0.4, 0.5) is 14.9 Å². The summed E-state index contributed by atoms with van der Waals surface area (Å²) >= 11 is 0. The van der Waals surface area contributed by atoms with Gasteiger partial charge in [0, 0.05) is 38.8 Å². The zero-order valence-electron chi connectivity index (χ0n) is 17.5. The average Bonchev–Trinajstić information content (AvgIpc) is 2.62. The first-order valence-electron chi connectivity index (χ1n) is 9.60. The number of nitrogens with zero attached hydrogens (tertiary/aromatic N) is 2. The van der Waals surface area contributed by atoms with Gasteiger partial charge in [0.2, 0.25) is 5.91 Å². The van der Waals surface area contributed by atoms with Gasteiger partial charge >= 0.3 is 16.2 Å². The first kappa shape index (κ1) is 23.1. The molecule has 2 rings (SSSR count). The van der Waals surface area contributed by atoms with Crippen LogP contribution in [0, 0.1) is 5.82 Å². The summed E-state index contributed by atoms with van der Waals surface area (Å²) in [5, 5.41) is 2.60. The van der Waals surface area contributed by atoms with Crippen molar-refractivity contribution in [2.45, 2.75) is 46.5 Å². The van der Waals surface area contributed by atoms with Crippen LogP contribution in [-0.4, -0.2) is 55.7 Å². The molecule has 3 amide bonds. The van der Waals surface area contributed by atoms with Gasteiger partial charge in [0.05, 0.1) is 0 Å². The maximum atomic E-state index is 14.0. The highest BCUT2D eigenvalue weighted by Gasteiger charge is 2.29. The fourth-order valence-corrected chi connectivity index (χ4v) is 4.33. The molecule has 1 aliphatic rings. The fraction of sp³-hybridized carbons (Fsp3) is 0.579. The van der Waals surface area contributed by atoms with Gasteiger partial charge in [-0.1, -0.05) is 27.7 Å². The van der Waals surface area contributed by atoms with Crippen LogP contribution in [-0.2, 0) is 15.0 Å². The third-order valence-electron chi connectivity index (χ3n) is 4.89. The molecule has 0 saturated carbocycles. The number of urea groups is 1. The summed E-state index contributed by atoms with van der Waals surface area (Å²) in [5.74, 6) is -0.671. The smallest absolute Gasteiger partial charge is 0.333 e. The normalized spacial score (nSPS) is 15.7. The van der Waals surface area contributed by atoms with Crippen molar-refractivity contribution in [1.29, 1.82) is 0 Å². The minimum Gasteiger partial charge on any atom is -0.340 e. The number of anilines is 1. The van der Waals surface area contributed by atoms with Gasteiger partial charge in [0.25, 0.3) is 0 Å². The van der Waals surface area contributed by atoms with Crippen LogP contribution >= 0.6 is 0 Å². The molecule has 0 atom stereocenters. The minimum atomic E-state index is -4.07. The van der Waals surface area contributed by atoms with Crippen molar-refractivity contribution in [2.24, 2.45) is 0 Å². The van der Waals surface area contributed by atoms with Crippen molar-refractivity contribution in [3.63, 3.8) is 0 Å². The van der Waals surface area contributed by atoms with E-state index in [1.165, 1.54) is 19.1 Å². The summed E-state index contributed by atoms with van der Waals surface area (Å²) in [6, 6.07) is 1.79. The number of halogens is 1. The molecule has 29 heavy (non-hydrogen) atoms. The number of rotatable bonds is 5. The van der Waals surface area contributed by atoms with Gasteiger partial charge < -0.3 is 10.2 Å². The summed E-state index contributed by atoms with van der Waals surface area (Å²) in [6.45, 7) is 9.65. The lowest BCUT2D eigenvalue weighted by Crippen LogP contribution is -2.54. The zero-order chi connectivity index (χ0) is 21.9. The SMILES string of the molecule is CC(=O)N1CCN(S(=O)(=O)NC(=O)Nc2c(C(C)C)cc(F)cc2C(C)C)CC1. The Morgan fingerprint density at radius 3 is 1.90 bits per heavy atom. The molecule has 162 valence electrons. The molecule has 1 saturated heterocycles. The maximum Gasteiger partial charge on any atom is 0.333 e. The molecular formula is C19H29FN4O4S. The molecule has 0 spiro atoms. The van der Waals surface area contributed by atoms with Crippen LogP contribution in [0.15, 0.2) is 12.1 Å². The van der Waals surface area contributed by atoms with E-state index < -0.39 is 22.1 Å². The Morgan fingerprint density at radius 1 is 1.00 bits per heavy atom. The quantitative estimate of drug-likeness (QED) is 0.753. The van der Waals surface area contributed by atoms with E-state index in [0.29, 0.717) is 16.8 Å². The van der Waals surface area contributed by atoms with Crippen molar-refractivity contribution < 1.29 is 22.4 Å². The van der Waals surface area contributed by atoms with Gasteiger partial charge in [0.1, 0.15) is 5.82 Å². The minimum absolute atomic E-state index is 0.0743. The third-order valence-corrected chi connectivity index (χ3v) is 6.38. The van der Waals surface area contributed by atoms with Gasteiger partial charge in [-0.05, 0) is 35.1 Å². The fourth-order valence-electron chi connectivity index (χ4n) is 3.27. The second-order valence-corrected chi connectivity index (χ2v) is 9.41. The number of benzene rings is 1. The standard InChI is InChI=1S/C19H29FN4O4S/c1-12(2)16-10-15(20)11-17(13(3)4)18(16)21-19(26)22-29(27,28)24-8-6-23(7-9-24)14(5)25/h10-13H,6-9H2,1-5H3,(H2,21,22,26). The first-order valence-corrected chi connectivity index (χ1v) is 11.0.